The summed E-state index contributed by atoms with van der Waals surface area (Å²) < 4.78 is 5.75. The van der Waals surface area contributed by atoms with Crippen LogP contribution in [0.15, 0.2) is 41.6 Å². The molecule has 1 N–H and O–H groups in total. The number of aromatic nitrogens is 1. The number of benzene rings is 1. The van der Waals surface area contributed by atoms with E-state index in [0.717, 1.165) is 11.3 Å². The lowest BCUT2D eigenvalue weighted by atomic mass is 10.1. The second-order valence-corrected chi connectivity index (χ2v) is 5.77. The van der Waals surface area contributed by atoms with E-state index >= 15 is 0 Å². The van der Waals surface area contributed by atoms with Gasteiger partial charge in [0.15, 0.2) is 0 Å². The topological polar surface area (TPSA) is 59.4 Å². The van der Waals surface area contributed by atoms with Crippen LogP contribution >= 0.6 is 11.8 Å². The van der Waals surface area contributed by atoms with E-state index < -0.39 is 5.97 Å². The predicted octanol–water partition coefficient (Wildman–Crippen LogP) is 3.57. The lowest BCUT2D eigenvalue weighted by molar-refractivity contribution is 0.0696. The molecule has 1 aromatic carbocycles. The van der Waals surface area contributed by atoms with E-state index in [2.05, 4.69) is 11.1 Å². The third-order valence-electron chi connectivity index (χ3n) is 2.92. The minimum absolute atomic E-state index is 0.253. The smallest absolute Gasteiger partial charge is 0.335 e. The molecule has 4 nitrogen and oxygen atoms in total. The second kappa shape index (κ2) is 7.13. The van der Waals surface area contributed by atoms with Gasteiger partial charge < -0.3 is 9.84 Å². The predicted molar refractivity (Wildman–Crippen MR) is 83.3 cm³/mol. The molecule has 0 fully saturated rings. The Morgan fingerprint density at radius 1 is 1.29 bits per heavy atom. The van der Waals surface area contributed by atoms with Crippen molar-refractivity contribution in [2.75, 3.05) is 12.4 Å². The van der Waals surface area contributed by atoms with Crippen LogP contribution < -0.4 is 4.74 Å². The molecule has 0 aliphatic carbocycles. The standard InChI is InChI=1S/C16H17NO3S/c1-11-3-4-12(2)14(9-11)20-7-8-21-15-10-13(16(18)19)5-6-17-15/h3-6,9-10H,7-8H2,1-2H3,(H,18,19). The quantitative estimate of drug-likeness (QED) is 0.653. The lowest BCUT2D eigenvalue weighted by Crippen LogP contribution is -2.02. The zero-order chi connectivity index (χ0) is 15.2. The number of aryl methyl sites for hydroxylation is 2. The monoisotopic (exact) mass is 303 g/mol. The number of hydrogen-bond donors (Lipinski definition) is 1. The molecule has 0 aliphatic heterocycles. The van der Waals surface area contributed by atoms with E-state index in [0.29, 0.717) is 17.4 Å². The van der Waals surface area contributed by atoms with Crippen molar-refractivity contribution >= 4 is 17.7 Å². The molecular formula is C16H17NO3S. The average molecular weight is 303 g/mol. The molecule has 0 aliphatic rings. The summed E-state index contributed by atoms with van der Waals surface area (Å²) in [6, 6.07) is 9.17. The molecule has 0 amide bonds. The lowest BCUT2D eigenvalue weighted by Gasteiger charge is -2.09. The number of thioether (sulfide) groups is 1. The molecule has 2 rings (SSSR count). The van der Waals surface area contributed by atoms with Crippen molar-refractivity contribution in [3.63, 3.8) is 0 Å². The fourth-order valence-electron chi connectivity index (χ4n) is 1.78. The van der Waals surface area contributed by atoms with Gasteiger partial charge in [-0.3, -0.25) is 0 Å². The molecule has 0 saturated carbocycles. The second-order valence-electron chi connectivity index (χ2n) is 4.65. The van der Waals surface area contributed by atoms with Crippen LogP contribution in [0.2, 0.25) is 0 Å². The summed E-state index contributed by atoms with van der Waals surface area (Å²) in [6.07, 6.45) is 1.51. The molecule has 0 atom stereocenters. The highest BCUT2D eigenvalue weighted by molar-refractivity contribution is 7.99. The minimum Gasteiger partial charge on any atom is -0.492 e. The zero-order valence-electron chi connectivity index (χ0n) is 12.0. The first-order chi connectivity index (χ1) is 10.1. The fraction of sp³-hybridized carbons (Fsp3) is 0.250. The molecule has 21 heavy (non-hydrogen) atoms. The molecule has 2 aromatic rings. The number of pyridine rings is 1. The van der Waals surface area contributed by atoms with Gasteiger partial charge in [0.1, 0.15) is 5.75 Å². The Kier molecular flexibility index (Phi) is 5.22. The average Bonchev–Trinajstić information content (AvgIpc) is 2.47. The van der Waals surface area contributed by atoms with Crippen LogP contribution in [0.1, 0.15) is 21.5 Å². The number of hydrogen-bond acceptors (Lipinski definition) is 4. The Bertz CT molecular complexity index is 643. The maximum absolute atomic E-state index is 10.9. The van der Waals surface area contributed by atoms with E-state index in [-0.39, 0.29) is 5.56 Å². The summed E-state index contributed by atoms with van der Waals surface area (Å²) in [7, 11) is 0. The van der Waals surface area contributed by atoms with Crippen LogP contribution in [-0.4, -0.2) is 28.4 Å². The highest BCUT2D eigenvalue weighted by Gasteiger charge is 2.05. The van der Waals surface area contributed by atoms with E-state index in [1.807, 2.05) is 26.0 Å². The summed E-state index contributed by atoms with van der Waals surface area (Å²) in [5.74, 6) is 0.664. The molecular weight excluding hydrogens is 286 g/mol. The Balaban J connectivity index is 1.86. The summed E-state index contributed by atoms with van der Waals surface area (Å²) in [6.45, 7) is 4.59. The third kappa shape index (κ3) is 4.49. The number of nitrogens with zero attached hydrogens (tertiary/aromatic N) is 1. The minimum atomic E-state index is -0.939. The Morgan fingerprint density at radius 2 is 2.10 bits per heavy atom. The normalized spacial score (nSPS) is 10.4. The van der Waals surface area contributed by atoms with E-state index in [4.69, 9.17) is 9.84 Å². The Hall–Kier alpha value is -2.01. The molecule has 0 radical (unpaired) electrons. The van der Waals surface area contributed by atoms with Crippen LogP contribution in [0.3, 0.4) is 0 Å². The molecule has 0 bridgehead atoms. The van der Waals surface area contributed by atoms with Gasteiger partial charge in [0.2, 0.25) is 0 Å². The number of rotatable bonds is 6. The first-order valence-corrected chi connectivity index (χ1v) is 7.57. The Labute approximate surface area is 128 Å². The maximum Gasteiger partial charge on any atom is 0.335 e. The van der Waals surface area contributed by atoms with Gasteiger partial charge in [-0.2, -0.15) is 0 Å². The number of carbonyl (C=O) groups is 1. The first-order valence-electron chi connectivity index (χ1n) is 6.58. The summed E-state index contributed by atoms with van der Waals surface area (Å²) in [5, 5.41) is 9.62. The summed E-state index contributed by atoms with van der Waals surface area (Å²) >= 11 is 1.48. The van der Waals surface area contributed by atoms with Gasteiger partial charge in [-0.25, -0.2) is 9.78 Å². The van der Waals surface area contributed by atoms with Gasteiger partial charge in [0.05, 0.1) is 17.2 Å². The van der Waals surface area contributed by atoms with Gasteiger partial charge in [-0.1, -0.05) is 12.1 Å². The summed E-state index contributed by atoms with van der Waals surface area (Å²) in [4.78, 5) is 15.0. The molecule has 0 saturated heterocycles. The number of carboxylic acids is 1. The first kappa shape index (κ1) is 15.4. The maximum atomic E-state index is 10.9. The van der Waals surface area contributed by atoms with E-state index in [1.165, 1.54) is 29.6 Å². The molecule has 1 aromatic heterocycles. The number of aromatic carboxylic acids is 1. The van der Waals surface area contributed by atoms with Crippen molar-refractivity contribution in [3.8, 4) is 5.75 Å². The van der Waals surface area contributed by atoms with E-state index in [9.17, 15) is 4.79 Å². The van der Waals surface area contributed by atoms with Crippen LogP contribution in [0, 0.1) is 13.8 Å². The largest absolute Gasteiger partial charge is 0.492 e. The van der Waals surface area contributed by atoms with Crippen molar-refractivity contribution in [3.05, 3.63) is 53.2 Å². The van der Waals surface area contributed by atoms with Gasteiger partial charge in [0.25, 0.3) is 0 Å². The highest BCUT2D eigenvalue weighted by Crippen LogP contribution is 2.20. The zero-order valence-corrected chi connectivity index (χ0v) is 12.8. The molecule has 0 unspecified atom stereocenters. The van der Waals surface area contributed by atoms with Crippen LogP contribution in [0.25, 0.3) is 0 Å². The van der Waals surface area contributed by atoms with Crippen LogP contribution in [0.4, 0.5) is 0 Å². The van der Waals surface area contributed by atoms with Crippen LogP contribution in [0.5, 0.6) is 5.75 Å². The molecule has 5 heteroatoms. The van der Waals surface area contributed by atoms with Gasteiger partial charge in [-0.15, -0.1) is 11.8 Å². The molecule has 110 valence electrons. The molecule has 1 heterocycles. The van der Waals surface area contributed by atoms with Crippen molar-refractivity contribution in [2.45, 2.75) is 18.9 Å². The summed E-state index contributed by atoms with van der Waals surface area (Å²) in [5.41, 5.74) is 2.53. The van der Waals surface area contributed by atoms with Crippen molar-refractivity contribution in [1.82, 2.24) is 4.98 Å². The van der Waals surface area contributed by atoms with Crippen molar-refractivity contribution < 1.29 is 14.6 Å². The van der Waals surface area contributed by atoms with Gasteiger partial charge in [-0.05, 0) is 43.2 Å². The third-order valence-corrected chi connectivity index (χ3v) is 3.81. The number of carboxylic acid groups (broad SMARTS) is 1. The van der Waals surface area contributed by atoms with E-state index in [1.54, 1.807) is 6.07 Å². The fourth-order valence-corrected chi connectivity index (χ4v) is 2.50. The van der Waals surface area contributed by atoms with Gasteiger partial charge >= 0.3 is 5.97 Å². The SMILES string of the molecule is Cc1ccc(C)c(OCCSc2cc(C(=O)O)ccn2)c1. The highest BCUT2D eigenvalue weighted by atomic mass is 32.2. The van der Waals surface area contributed by atoms with Gasteiger partial charge in [0, 0.05) is 11.9 Å². The van der Waals surface area contributed by atoms with Crippen LogP contribution in [-0.2, 0) is 0 Å². The Morgan fingerprint density at radius 3 is 2.86 bits per heavy atom. The van der Waals surface area contributed by atoms with Crippen molar-refractivity contribution in [1.29, 1.82) is 0 Å². The van der Waals surface area contributed by atoms with Crippen molar-refractivity contribution in [2.24, 2.45) is 0 Å². The number of ether oxygens (including phenoxy) is 1. The molecule has 0 spiro atoms.